The number of aliphatic hydroxyl groups is 1. The number of rotatable bonds is 2. The van der Waals surface area contributed by atoms with E-state index in [1.807, 2.05) is 0 Å². The smallest absolute Gasteiger partial charge is 0.320 e. The Bertz CT molecular complexity index is 265. The van der Waals surface area contributed by atoms with Crippen LogP contribution in [0.1, 0.15) is 13.8 Å². The fraction of sp³-hybridized carbons (Fsp3) is 0.556. The zero-order valence-electron chi connectivity index (χ0n) is 7.61. The van der Waals surface area contributed by atoms with Gasteiger partial charge in [0.2, 0.25) is 0 Å². The Hall–Kier alpha value is -1.16. The molecule has 0 aromatic carbocycles. The number of carbonyl (C=O) groups excluding carboxylic acids is 2. The summed E-state index contributed by atoms with van der Waals surface area (Å²) in [6.45, 7) is 3.27. The van der Waals surface area contributed by atoms with E-state index in [1.54, 1.807) is 6.92 Å². The average molecular weight is 184 g/mol. The summed E-state index contributed by atoms with van der Waals surface area (Å²) in [6, 6.07) is 0. The van der Waals surface area contributed by atoms with Crippen molar-refractivity contribution in [1.29, 1.82) is 0 Å². The second kappa shape index (κ2) is 3.30. The summed E-state index contributed by atoms with van der Waals surface area (Å²) >= 11 is 0. The molecule has 1 N–H and O–H groups in total. The third kappa shape index (κ3) is 1.78. The van der Waals surface area contributed by atoms with Gasteiger partial charge in [0.1, 0.15) is 5.60 Å². The maximum atomic E-state index is 11.2. The summed E-state index contributed by atoms with van der Waals surface area (Å²) in [5, 5.41) is 9.61. The highest BCUT2D eigenvalue weighted by molar-refractivity contribution is 6.08. The minimum atomic E-state index is -1.40. The number of allylic oxidation sites excluding steroid dienone is 1. The van der Waals surface area contributed by atoms with Crippen LogP contribution in [-0.4, -0.2) is 29.1 Å². The van der Waals surface area contributed by atoms with E-state index in [9.17, 15) is 14.7 Å². The van der Waals surface area contributed by atoms with E-state index in [-0.39, 0.29) is 6.61 Å². The zero-order chi connectivity index (χ0) is 10.1. The third-order valence-corrected chi connectivity index (χ3v) is 1.98. The second-order valence-electron chi connectivity index (χ2n) is 3.15. The largest absolute Gasteiger partial charge is 0.465 e. The molecule has 0 saturated heterocycles. The first-order valence-electron chi connectivity index (χ1n) is 4.11. The molecule has 4 nitrogen and oxygen atoms in total. The Labute approximate surface area is 76.2 Å². The molecular formula is C9H12O4. The van der Waals surface area contributed by atoms with Crippen molar-refractivity contribution in [1.82, 2.24) is 0 Å². The van der Waals surface area contributed by atoms with E-state index < -0.39 is 23.3 Å². The molecule has 0 saturated carbocycles. The quantitative estimate of drug-likeness (QED) is 0.486. The van der Waals surface area contributed by atoms with Crippen LogP contribution in [0.25, 0.3) is 0 Å². The number of ketones is 1. The fourth-order valence-electron chi connectivity index (χ4n) is 1.31. The van der Waals surface area contributed by atoms with Crippen LogP contribution in [0, 0.1) is 5.92 Å². The number of esters is 1. The molecule has 4 heteroatoms. The number of hydrogen-bond acceptors (Lipinski definition) is 4. The molecule has 0 heterocycles. The molecule has 0 bridgehead atoms. The van der Waals surface area contributed by atoms with Gasteiger partial charge in [0.25, 0.3) is 0 Å². The maximum Gasteiger partial charge on any atom is 0.320 e. The number of carbonyl (C=O) groups is 2. The van der Waals surface area contributed by atoms with Crippen molar-refractivity contribution in [2.24, 2.45) is 5.92 Å². The van der Waals surface area contributed by atoms with Gasteiger partial charge in [0.15, 0.2) is 11.7 Å². The lowest BCUT2D eigenvalue weighted by Crippen LogP contribution is -2.39. The Morgan fingerprint density at radius 1 is 1.77 bits per heavy atom. The molecule has 1 aliphatic rings. The van der Waals surface area contributed by atoms with Crippen LogP contribution in [0.5, 0.6) is 0 Å². The van der Waals surface area contributed by atoms with Crippen LogP contribution in [0.3, 0.4) is 0 Å². The van der Waals surface area contributed by atoms with Crippen molar-refractivity contribution in [3.05, 3.63) is 12.2 Å². The van der Waals surface area contributed by atoms with Crippen molar-refractivity contribution >= 4 is 11.8 Å². The summed E-state index contributed by atoms with van der Waals surface area (Å²) in [7, 11) is 0. The molecule has 0 amide bonds. The van der Waals surface area contributed by atoms with E-state index in [0.29, 0.717) is 0 Å². The van der Waals surface area contributed by atoms with Gasteiger partial charge in [-0.2, -0.15) is 0 Å². The van der Waals surface area contributed by atoms with E-state index in [4.69, 9.17) is 0 Å². The van der Waals surface area contributed by atoms with Gasteiger partial charge >= 0.3 is 5.97 Å². The van der Waals surface area contributed by atoms with E-state index in [0.717, 1.165) is 0 Å². The molecule has 1 aliphatic carbocycles. The molecular weight excluding hydrogens is 172 g/mol. The number of ether oxygens (including phenoxy) is 1. The molecule has 0 aromatic rings. The monoisotopic (exact) mass is 184 g/mol. The molecule has 13 heavy (non-hydrogen) atoms. The first-order chi connectivity index (χ1) is 5.99. The summed E-state index contributed by atoms with van der Waals surface area (Å²) in [5.74, 6) is -2.15. The molecule has 0 fully saturated rings. The predicted molar refractivity (Wildman–Crippen MR) is 44.9 cm³/mol. The predicted octanol–water partition coefficient (Wildman–Crippen LogP) is 0.0556. The Kier molecular flexibility index (Phi) is 2.52. The molecule has 0 unspecified atom stereocenters. The molecule has 1 rings (SSSR count). The van der Waals surface area contributed by atoms with Gasteiger partial charge in [-0.3, -0.25) is 9.59 Å². The Morgan fingerprint density at radius 3 is 2.77 bits per heavy atom. The van der Waals surface area contributed by atoms with Crippen LogP contribution in [0.4, 0.5) is 0 Å². The van der Waals surface area contributed by atoms with Gasteiger partial charge in [-0.05, 0) is 26.0 Å². The van der Waals surface area contributed by atoms with Crippen LogP contribution in [0.2, 0.25) is 0 Å². The lowest BCUT2D eigenvalue weighted by Gasteiger charge is -2.21. The van der Waals surface area contributed by atoms with E-state index in [2.05, 4.69) is 4.74 Å². The Morgan fingerprint density at radius 2 is 2.38 bits per heavy atom. The normalized spacial score (nSPS) is 32.2. The van der Waals surface area contributed by atoms with Gasteiger partial charge in [-0.1, -0.05) is 0 Å². The van der Waals surface area contributed by atoms with E-state index in [1.165, 1.54) is 19.1 Å². The van der Waals surface area contributed by atoms with Crippen LogP contribution in [0.15, 0.2) is 12.2 Å². The maximum absolute atomic E-state index is 11.2. The molecule has 0 spiro atoms. The van der Waals surface area contributed by atoms with Gasteiger partial charge in [0.05, 0.1) is 6.61 Å². The minimum absolute atomic E-state index is 0.207. The lowest BCUT2D eigenvalue weighted by molar-refractivity contribution is -0.156. The topological polar surface area (TPSA) is 63.6 Å². The highest BCUT2D eigenvalue weighted by Crippen LogP contribution is 2.27. The van der Waals surface area contributed by atoms with Gasteiger partial charge in [-0.15, -0.1) is 0 Å². The van der Waals surface area contributed by atoms with E-state index >= 15 is 0 Å². The highest BCUT2D eigenvalue weighted by Gasteiger charge is 2.45. The van der Waals surface area contributed by atoms with Crippen LogP contribution in [-0.2, 0) is 14.3 Å². The molecule has 72 valence electrons. The van der Waals surface area contributed by atoms with Crippen LogP contribution < -0.4 is 0 Å². The van der Waals surface area contributed by atoms with Gasteiger partial charge < -0.3 is 9.84 Å². The molecule has 0 aromatic heterocycles. The zero-order valence-corrected chi connectivity index (χ0v) is 7.61. The van der Waals surface area contributed by atoms with Gasteiger partial charge in [0, 0.05) is 0 Å². The second-order valence-corrected chi connectivity index (χ2v) is 3.15. The fourth-order valence-corrected chi connectivity index (χ4v) is 1.31. The molecule has 0 aliphatic heterocycles. The van der Waals surface area contributed by atoms with Crippen molar-refractivity contribution in [3.63, 3.8) is 0 Å². The summed E-state index contributed by atoms with van der Waals surface area (Å²) in [6.07, 6.45) is 2.53. The summed E-state index contributed by atoms with van der Waals surface area (Å²) in [5.41, 5.74) is -1.40. The summed E-state index contributed by atoms with van der Waals surface area (Å²) < 4.78 is 4.67. The summed E-state index contributed by atoms with van der Waals surface area (Å²) in [4.78, 5) is 22.4. The lowest BCUT2D eigenvalue weighted by atomic mass is 9.92. The first kappa shape index (κ1) is 9.92. The highest BCUT2D eigenvalue weighted by atomic mass is 16.5. The van der Waals surface area contributed by atoms with Crippen molar-refractivity contribution < 1.29 is 19.4 Å². The SMILES string of the molecule is CCOC(=O)[C@@H]1C(=O)C=C[C@]1(C)O. The molecule has 2 atom stereocenters. The minimum Gasteiger partial charge on any atom is -0.465 e. The third-order valence-electron chi connectivity index (χ3n) is 1.98. The Balaban J connectivity index is 2.80. The van der Waals surface area contributed by atoms with Crippen molar-refractivity contribution in [3.8, 4) is 0 Å². The standard InChI is InChI=1S/C9H12O4/c1-3-13-8(11)7-6(10)4-5-9(7,2)12/h4-5,7,12H,3H2,1-2H3/t7-,9-/m0/s1. The average Bonchev–Trinajstić information content (AvgIpc) is 2.26. The van der Waals surface area contributed by atoms with Crippen molar-refractivity contribution in [2.45, 2.75) is 19.4 Å². The van der Waals surface area contributed by atoms with Gasteiger partial charge in [-0.25, -0.2) is 0 Å². The molecule has 0 radical (unpaired) electrons. The van der Waals surface area contributed by atoms with Crippen molar-refractivity contribution in [2.75, 3.05) is 6.61 Å². The first-order valence-corrected chi connectivity index (χ1v) is 4.11. The van der Waals surface area contributed by atoms with Crippen LogP contribution >= 0.6 is 0 Å². The number of hydrogen-bond donors (Lipinski definition) is 1.